The molecule has 0 spiro atoms. The van der Waals surface area contributed by atoms with E-state index in [1.807, 2.05) is 40.0 Å². The van der Waals surface area contributed by atoms with Gasteiger partial charge in [-0.15, -0.1) is 0 Å². The van der Waals surface area contributed by atoms with E-state index >= 15 is 0 Å². The van der Waals surface area contributed by atoms with E-state index in [9.17, 15) is 0 Å². The van der Waals surface area contributed by atoms with Gasteiger partial charge in [-0.25, -0.2) is 0 Å². The van der Waals surface area contributed by atoms with E-state index in [1.54, 1.807) is 0 Å². The quantitative estimate of drug-likeness (QED) is 0.227. The molecule has 4 aromatic carbocycles. The first-order chi connectivity index (χ1) is 18.4. The normalized spacial score (nSPS) is 8.53. The number of rotatable bonds is 6. The summed E-state index contributed by atoms with van der Waals surface area (Å²) < 4.78 is 6.91. The van der Waals surface area contributed by atoms with Crippen molar-refractivity contribution >= 4 is 57.8 Å². The van der Waals surface area contributed by atoms with Crippen LogP contribution in [0, 0.1) is 0 Å². The summed E-state index contributed by atoms with van der Waals surface area (Å²) in [5.74, 6) is 0. The van der Waals surface area contributed by atoms with Crippen LogP contribution in [-0.2, 0) is 56.1 Å². The summed E-state index contributed by atoms with van der Waals surface area (Å²) in [5, 5.41) is 3.79. The van der Waals surface area contributed by atoms with Gasteiger partial charge in [0, 0.05) is 21.1 Å². The average molecular weight is 701 g/mol. The van der Waals surface area contributed by atoms with E-state index in [0.29, 0.717) is 6.61 Å². The molecule has 38 heavy (non-hydrogen) atoms. The molecule has 0 heterocycles. The van der Waals surface area contributed by atoms with Crippen molar-refractivity contribution in [1.29, 1.82) is 0 Å². The molecule has 0 amide bonds. The van der Waals surface area contributed by atoms with E-state index in [4.69, 9.17) is 28.4 Å². The molecule has 0 N–H and O–H groups in total. The molecular formula is C30H32O6SiW. The van der Waals surface area contributed by atoms with Gasteiger partial charge in [-0.1, -0.05) is 121 Å². The molecule has 0 saturated heterocycles. The second-order valence-corrected chi connectivity index (χ2v) is 9.94. The molecule has 6 nitrogen and oxygen atoms in total. The van der Waals surface area contributed by atoms with Gasteiger partial charge in [0.15, 0.2) is 0 Å². The van der Waals surface area contributed by atoms with Crippen molar-refractivity contribution in [3.05, 3.63) is 127 Å². The largest absolute Gasteiger partial charge is 0.400 e. The number of hydrogen-bond donors (Lipinski definition) is 0. The van der Waals surface area contributed by atoms with Gasteiger partial charge in [-0.05, 0) is 21.1 Å². The van der Waals surface area contributed by atoms with E-state index in [0.717, 1.165) is 0 Å². The Morgan fingerprint density at radius 2 is 0.658 bits per heavy atom. The predicted octanol–water partition coefficient (Wildman–Crippen LogP) is 2.94. The SMILES string of the molecule is C=O.C=O.C=O.C=O.C=O.[W].c1ccc(CO[Si](c2ccccc2)(c2ccccc2)c2ccccc2)cc1. The van der Waals surface area contributed by atoms with Crippen molar-refractivity contribution in [2.24, 2.45) is 0 Å². The first-order valence-corrected chi connectivity index (χ1v) is 12.6. The summed E-state index contributed by atoms with van der Waals surface area (Å²) in [6.07, 6.45) is 0. The minimum absolute atomic E-state index is 0. The van der Waals surface area contributed by atoms with Gasteiger partial charge in [-0.2, -0.15) is 0 Å². The van der Waals surface area contributed by atoms with Gasteiger partial charge in [0.1, 0.15) is 33.9 Å². The first-order valence-electron chi connectivity index (χ1n) is 10.7. The topological polar surface area (TPSA) is 94.6 Å². The summed E-state index contributed by atoms with van der Waals surface area (Å²) in [6.45, 7) is 10.6. The molecule has 4 aromatic rings. The van der Waals surface area contributed by atoms with Crippen molar-refractivity contribution in [2.75, 3.05) is 0 Å². The molecule has 198 valence electrons. The van der Waals surface area contributed by atoms with E-state index < -0.39 is 8.32 Å². The van der Waals surface area contributed by atoms with Crippen molar-refractivity contribution < 1.29 is 49.5 Å². The zero-order valence-corrected chi connectivity index (χ0v) is 25.1. The standard InChI is InChI=1S/C25H22OSi.5CH2O.W/c1-5-13-22(14-6-1)21-26-27(23-15-7-2-8-16-23,24-17-9-3-10-18-24)25-19-11-4-12-20-25;5*1-2;/h1-20H,21H2;5*1H2;. The number of hydrogen-bond acceptors (Lipinski definition) is 6. The molecular weight excluding hydrogens is 668 g/mol. The molecule has 0 aromatic heterocycles. The van der Waals surface area contributed by atoms with Crippen molar-refractivity contribution in [2.45, 2.75) is 6.61 Å². The van der Waals surface area contributed by atoms with Crippen LogP contribution in [0.3, 0.4) is 0 Å². The summed E-state index contributed by atoms with van der Waals surface area (Å²) in [6, 6.07) is 42.5. The Morgan fingerprint density at radius 1 is 0.421 bits per heavy atom. The van der Waals surface area contributed by atoms with E-state index in [-0.39, 0.29) is 21.1 Å². The maximum absolute atomic E-state index is 8.00. The molecule has 8 heteroatoms. The third kappa shape index (κ3) is 11.4. The predicted molar refractivity (Wildman–Crippen MR) is 151 cm³/mol. The third-order valence-corrected chi connectivity index (χ3v) is 8.86. The summed E-state index contributed by atoms with van der Waals surface area (Å²) in [4.78, 5) is 40.0. The number of carbonyl (C=O) groups excluding carboxylic acids is 5. The van der Waals surface area contributed by atoms with E-state index in [1.165, 1.54) is 21.1 Å². The van der Waals surface area contributed by atoms with Crippen molar-refractivity contribution in [1.82, 2.24) is 0 Å². The Labute approximate surface area is 240 Å². The van der Waals surface area contributed by atoms with Crippen molar-refractivity contribution in [3.8, 4) is 0 Å². The fourth-order valence-corrected chi connectivity index (χ4v) is 7.40. The van der Waals surface area contributed by atoms with Gasteiger partial charge in [0.2, 0.25) is 0 Å². The van der Waals surface area contributed by atoms with Crippen LogP contribution in [0.1, 0.15) is 5.56 Å². The summed E-state index contributed by atoms with van der Waals surface area (Å²) in [7, 11) is -2.61. The molecule has 0 fully saturated rings. The maximum atomic E-state index is 8.00. The van der Waals surface area contributed by atoms with Crippen LogP contribution in [0.2, 0.25) is 0 Å². The molecule has 0 aliphatic rings. The second kappa shape index (κ2) is 26.2. The molecule has 0 saturated carbocycles. The Balaban J connectivity index is -0.00000100. The van der Waals surface area contributed by atoms with Crippen LogP contribution in [0.5, 0.6) is 0 Å². The van der Waals surface area contributed by atoms with Crippen LogP contribution in [-0.4, -0.2) is 42.3 Å². The first kappa shape index (κ1) is 38.6. The number of benzene rings is 4. The van der Waals surface area contributed by atoms with Crippen LogP contribution in [0.4, 0.5) is 0 Å². The molecule has 0 bridgehead atoms. The molecule has 0 unspecified atom stereocenters. The third-order valence-electron chi connectivity index (χ3n) is 4.84. The van der Waals surface area contributed by atoms with E-state index in [2.05, 4.69) is 115 Å². The van der Waals surface area contributed by atoms with Crippen LogP contribution in [0.15, 0.2) is 121 Å². The molecule has 0 aliphatic carbocycles. The minimum atomic E-state index is -2.61. The molecule has 0 radical (unpaired) electrons. The second-order valence-electron chi connectivity index (χ2n) is 6.55. The van der Waals surface area contributed by atoms with Gasteiger partial charge in [-0.3, -0.25) is 0 Å². The minimum Gasteiger partial charge on any atom is -0.400 e. The monoisotopic (exact) mass is 700 g/mol. The number of carbonyl (C=O) groups is 5. The molecule has 0 aliphatic heterocycles. The zero-order valence-electron chi connectivity index (χ0n) is 21.1. The average Bonchev–Trinajstić information content (AvgIpc) is 3.04. The Morgan fingerprint density at radius 3 is 0.921 bits per heavy atom. The zero-order chi connectivity index (χ0) is 28.4. The fourth-order valence-electron chi connectivity index (χ4n) is 3.53. The van der Waals surface area contributed by atoms with Gasteiger partial charge in [0.05, 0.1) is 6.61 Å². The van der Waals surface area contributed by atoms with Gasteiger partial charge in [0.25, 0.3) is 8.32 Å². The van der Waals surface area contributed by atoms with Gasteiger partial charge >= 0.3 is 0 Å². The Hall–Kier alpha value is -3.90. The van der Waals surface area contributed by atoms with Crippen LogP contribution in [0.25, 0.3) is 0 Å². The molecule has 0 atom stereocenters. The van der Waals surface area contributed by atoms with Gasteiger partial charge < -0.3 is 28.4 Å². The summed E-state index contributed by atoms with van der Waals surface area (Å²) >= 11 is 0. The van der Waals surface area contributed by atoms with Crippen molar-refractivity contribution in [3.63, 3.8) is 0 Å². The molecule has 4 rings (SSSR count). The maximum Gasteiger partial charge on any atom is 0.288 e. The van der Waals surface area contributed by atoms with Crippen LogP contribution < -0.4 is 15.6 Å². The smallest absolute Gasteiger partial charge is 0.288 e. The summed E-state index contributed by atoms with van der Waals surface area (Å²) in [5.41, 5.74) is 1.19. The Kier molecular flexibility index (Phi) is 26.6. The van der Waals surface area contributed by atoms with Crippen LogP contribution >= 0.6 is 0 Å². The fraction of sp³-hybridized carbons (Fsp3) is 0.0333. The Bertz CT molecular complexity index is 949.